The average Bonchev–Trinajstić information content (AvgIpc) is 2.34. The van der Waals surface area contributed by atoms with Crippen LogP contribution in [0.5, 0.6) is 5.75 Å². The predicted molar refractivity (Wildman–Crippen MR) is 74.7 cm³/mol. The second kappa shape index (κ2) is 6.76. The van der Waals surface area contributed by atoms with Gasteiger partial charge < -0.3 is 9.53 Å². The summed E-state index contributed by atoms with van der Waals surface area (Å²) in [7, 11) is 3.59. The predicted octanol–water partition coefficient (Wildman–Crippen LogP) is 2.64. The molecule has 0 aliphatic heterocycles. The molecular formula is C14H20ClNO2. The third kappa shape index (κ3) is 3.47. The minimum Gasteiger partial charge on any atom is -0.496 e. The molecule has 0 N–H and O–H groups in total. The maximum Gasteiger partial charge on any atom is 0.133 e. The fourth-order valence-corrected chi connectivity index (χ4v) is 2.14. The Labute approximate surface area is 114 Å². The van der Waals surface area contributed by atoms with E-state index in [0.717, 1.165) is 46.7 Å². The molecule has 0 unspecified atom stereocenters. The molecule has 18 heavy (non-hydrogen) atoms. The van der Waals surface area contributed by atoms with Crippen molar-refractivity contribution in [3.05, 3.63) is 27.8 Å². The van der Waals surface area contributed by atoms with E-state index in [2.05, 4.69) is 0 Å². The summed E-state index contributed by atoms with van der Waals surface area (Å²) < 4.78 is 5.41. The zero-order chi connectivity index (χ0) is 13.7. The number of rotatable bonds is 6. The zero-order valence-corrected chi connectivity index (χ0v) is 12.2. The van der Waals surface area contributed by atoms with E-state index in [1.807, 2.05) is 31.9 Å². The van der Waals surface area contributed by atoms with E-state index in [4.69, 9.17) is 16.3 Å². The lowest BCUT2D eigenvalue weighted by atomic mass is 10.0. The van der Waals surface area contributed by atoms with Gasteiger partial charge in [0, 0.05) is 11.6 Å². The van der Waals surface area contributed by atoms with Gasteiger partial charge in [0.2, 0.25) is 0 Å². The van der Waals surface area contributed by atoms with E-state index >= 15 is 0 Å². The Hall–Kier alpha value is -1.06. The van der Waals surface area contributed by atoms with Crippen molar-refractivity contribution in [1.82, 2.24) is 4.90 Å². The highest BCUT2D eigenvalue weighted by Gasteiger charge is 2.13. The van der Waals surface area contributed by atoms with Gasteiger partial charge in [-0.2, -0.15) is 0 Å². The van der Waals surface area contributed by atoms with Crippen molar-refractivity contribution >= 4 is 17.9 Å². The molecule has 0 radical (unpaired) electrons. The molecule has 4 heteroatoms. The molecule has 0 aliphatic rings. The molecule has 0 amide bonds. The maximum atomic E-state index is 10.4. The number of nitrogens with zero attached hydrogens (tertiary/aromatic N) is 1. The van der Waals surface area contributed by atoms with Crippen LogP contribution in [0.15, 0.2) is 6.07 Å². The van der Waals surface area contributed by atoms with Gasteiger partial charge >= 0.3 is 0 Å². The highest BCUT2D eigenvalue weighted by molar-refractivity contribution is 6.32. The number of aryl methyl sites for hydroxylation is 1. The normalized spacial score (nSPS) is 10.8. The first-order valence-electron chi connectivity index (χ1n) is 5.96. The smallest absolute Gasteiger partial charge is 0.133 e. The molecular weight excluding hydrogens is 250 g/mol. The Morgan fingerprint density at radius 3 is 2.67 bits per heavy atom. The molecule has 0 saturated carbocycles. The van der Waals surface area contributed by atoms with Crippen LogP contribution in [0, 0.1) is 13.8 Å². The summed E-state index contributed by atoms with van der Waals surface area (Å²) in [5.74, 6) is 0.869. The first-order chi connectivity index (χ1) is 8.51. The topological polar surface area (TPSA) is 29.5 Å². The lowest BCUT2D eigenvalue weighted by Gasteiger charge is -2.18. The van der Waals surface area contributed by atoms with Crippen molar-refractivity contribution in [2.45, 2.75) is 20.3 Å². The molecule has 0 spiro atoms. The molecule has 100 valence electrons. The second-order valence-electron chi connectivity index (χ2n) is 4.49. The molecule has 0 atom stereocenters. The minimum absolute atomic E-state index is 0.445. The van der Waals surface area contributed by atoms with Crippen LogP contribution in [0.1, 0.15) is 16.7 Å². The summed E-state index contributed by atoms with van der Waals surface area (Å²) in [6.07, 6.45) is 1.73. The standard InChI is InChI=1S/C14H20ClNO2/c1-10-9-13(18-4)12(11(2)14(10)15)5-6-16(3)7-8-17/h8-9H,5-7H2,1-4H3. The van der Waals surface area contributed by atoms with E-state index in [-0.39, 0.29) is 0 Å². The van der Waals surface area contributed by atoms with Crippen molar-refractivity contribution in [3.63, 3.8) is 0 Å². The summed E-state index contributed by atoms with van der Waals surface area (Å²) in [6, 6.07) is 1.96. The molecule has 0 heterocycles. The zero-order valence-electron chi connectivity index (χ0n) is 11.4. The minimum atomic E-state index is 0.445. The fraction of sp³-hybridized carbons (Fsp3) is 0.500. The molecule has 0 bridgehead atoms. The number of methoxy groups -OCH3 is 1. The lowest BCUT2D eigenvalue weighted by Crippen LogP contribution is -2.23. The number of hydrogen-bond donors (Lipinski definition) is 0. The summed E-state index contributed by atoms with van der Waals surface area (Å²) >= 11 is 6.26. The third-order valence-corrected chi connectivity index (χ3v) is 3.70. The number of halogens is 1. The molecule has 3 nitrogen and oxygen atoms in total. The largest absolute Gasteiger partial charge is 0.496 e. The van der Waals surface area contributed by atoms with Crippen LogP contribution in [-0.2, 0) is 11.2 Å². The Morgan fingerprint density at radius 1 is 1.44 bits per heavy atom. The van der Waals surface area contributed by atoms with Crippen LogP contribution < -0.4 is 4.74 Å². The Kier molecular flexibility index (Phi) is 5.63. The molecule has 0 saturated heterocycles. The second-order valence-corrected chi connectivity index (χ2v) is 4.87. The van der Waals surface area contributed by atoms with E-state index in [1.54, 1.807) is 7.11 Å². The van der Waals surface area contributed by atoms with Gasteiger partial charge in [0.1, 0.15) is 12.0 Å². The number of benzene rings is 1. The van der Waals surface area contributed by atoms with Crippen LogP contribution in [0.4, 0.5) is 0 Å². The lowest BCUT2D eigenvalue weighted by molar-refractivity contribution is -0.108. The molecule has 0 aliphatic carbocycles. The molecule has 1 aromatic carbocycles. The van der Waals surface area contributed by atoms with Crippen molar-refractivity contribution in [3.8, 4) is 5.75 Å². The summed E-state index contributed by atoms with van der Waals surface area (Å²) in [4.78, 5) is 12.4. The van der Waals surface area contributed by atoms with Crippen LogP contribution in [0.3, 0.4) is 0 Å². The van der Waals surface area contributed by atoms with E-state index < -0.39 is 0 Å². The fourth-order valence-electron chi connectivity index (χ4n) is 1.97. The third-order valence-electron chi connectivity index (χ3n) is 3.12. The highest BCUT2D eigenvalue weighted by Crippen LogP contribution is 2.31. The SMILES string of the molecule is COc1cc(C)c(Cl)c(C)c1CCN(C)CC=O. The summed E-state index contributed by atoms with van der Waals surface area (Å²) in [5.41, 5.74) is 3.20. The van der Waals surface area contributed by atoms with Crippen molar-refractivity contribution in [2.75, 3.05) is 27.2 Å². The van der Waals surface area contributed by atoms with Gasteiger partial charge in [-0.25, -0.2) is 0 Å². The number of carbonyl (C=O) groups is 1. The van der Waals surface area contributed by atoms with Gasteiger partial charge in [0.15, 0.2) is 0 Å². The van der Waals surface area contributed by atoms with E-state index in [9.17, 15) is 4.79 Å². The van der Waals surface area contributed by atoms with Crippen LogP contribution >= 0.6 is 11.6 Å². The first-order valence-corrected chi connectivity index (χ1v) is 6.33. The van der Waals surface area contributed by atoms with Gasteiger partial charge in [-0.1, -0.05) is 11.6 Å². The van der Waals surface area contributed by atoms with Gasteiger partial charge in [0.25, 0.3) is 0 Å². The van der Waals surface area contributed by atoms with E-state index in [0.29, 0.717) is 6.54 Å². The molecule has 1 rings (SSSR count). The number of likely N-dealkylation sites (N-methyl/N-ethyl adjacent to an activating group) is 1. The number of ether oxygens (including phenoxy) is 1. The summed E-state index contributed by atoms with van der Waals surface area (Å²) in [5, 5.41) is 0.795. The quantitative estimate of drug-likeness (QED) is 0.744. The Balaban J connectivity index is 2.93. The average molecular weight is 270 g/mol. The van der Waals surface area contributed by atoms with Crippen molar-refractivity contribution in [1.29, 1.82) is 0 Å². The van der Waals surface area contributed by atoms with Gasteiger partial charge in [0.05, 0.1) is 13.7 Å². The van der Waals surface area contributed by atoms with Gasteiger partial charge in [-0.15, -0.1) is 0 Å². The molecule has 1 aromatic rings. The number of carbonyl (C=O) groups excluding carboxylic acids is 1. The monoisotopic (exact) mass is 269 g/mol. The molecule has 0 aromatic heterocycles. The van der Waals surface area contributed by atoms with Gasteiger partial charge in [-0.05, 0) is 50.1 Å². The Bertz CT molecular complexity index is 432. The first kappa shape index (κ1) is 15.0. The van der Waals surface area contributed by atoms with E-state index in [1.165, 1.54) is 0 Å². The number of hydrogen-bond acceptors (Lipinski definition) is 3. The van der Waals surface area contributed by atoms with Crippen molar-refractivity contribution < 1.29 is 9.53 Å². The van der Waals surface area contributed by atoms with Crippen LogP contribution in [-0.4, -0.2) is 38.4 Å². The molecule has 0 fully saturated rings. The highest BCUT2D eigenvalue weighted by atomic mass is 35.5. The summed E-state index contributed by atoms with van der Waals surface area (Å²) in [6.45, 7) is 5.23. The number of aldehydes is 1. The van der Waals surface area contributed by atoms with Crippen LogP contribution in [0.25, 0.3) is 0 Å². The Morgan fingerprint density at radius 2 is 2.11 bits per heavy atom. The van der Waals surface area contributed by atoms with Gasteiger partial charge in [-0.3, -0.25) is 4.90 Å². The van der Waals surface area contributed by atoms with Crippen LogP contribution in [0.2, 0.25) is 5.02 Å². The maximum absolute atomic E-state index is 10.4. The van der Waals surface area contributed by atoms with Crippen molar-refractivity contribution in [2.24, 2.45) is 0 Å².